The molecule has 0 spiro atoms. The molecule has 0 aliphatic carbocycles. The number of rotatable bonds is 7. The van der Waals surface area contributed by atoms with Gasteiger partial charge >= 0.3 is 0 Å². The molecule has 0 radical (unpaired) electrons. The van der Waals surface area contributed by atoms with E-state index in [4.69, 9.17) is 4.74 Å². The first-order valence-corrected chi connectivity index (χ1v) is 8.50. The molecule has 1 aromatic heterocycles. The molecule has 0 aliphatic heterocycles. The predicted molar refractivity (Wildman–Crippen MR) is 105 cm³/mol. The highest BCUT2D eigenvalue weighted by atomic mass is 16.5. The summed E-state index contributed by atoms with van der Waals surface area (Å²) < 4.78 is 5.07. The number of H-pyrrole nitrogens is 1. The van der Waals surface area contributed by atoms with E-state index in [-0.39, 0.29) is 12.5 Å². The molecule has 0 saturated carbocycles. The number of hydrazone groups is 1. The normalized spacial score (nSPS) is 10.6. The van der Waals surface area contributed by atoms with Crippen molar-refractivity contribution >= 4 is 18.0 Å². The fourth-order valence-electron chi connectivity index (χ4n) is 2.47. The first kappa shape index (κ1) is 18.8. The summed E-state index contributed by atoms with van der Waals surface area (Å²) in [6.45, 7) is -0.204. The van der Waals surface area contributed by atoms with E-state index in [2.05, 4.69) is 26.0 Å². The van der Waals surface area contributed by atoms with Crippen molar-refractivity contribution in [1.29, 1.82) is 0 Å². The summed E-state index contributed by atoms with van der Waals surface area (Å²) in [7, 11) is 1.52. The van der Waals surface area contributed by atoms with Crippen molar-refractivity contribution in [3.05, 3.63) is 71.9 Å². The van der Waals surface area contributed by atoms with Crippen LogP contribution in [0.4, 0.5) is 0 Å². The monoisotopic (exact) mass is 377 g/mol. The molecule has 0 aliphatic rings. The maximum atomic E-state index is 12.1. The predicted octanol–water partition coefficient (Wildman–Crippen LogP) is 1.97. The zero-order valence-corrected chi connectivity index (χ0v) is 15.2. The van der Waals surface area contributed by atoms with E-state index in [1.54, 1.807) is 30.5 Å². The maximum absolute atomic E-state index is 12.1. The van der Waals surface area contributed by atoms with Gasteiger partial charge in [-0.2, -0.15) is 10.2 Å². The molecule has 3 N–H and O–H groups in total. The van der Waals surface area contributed by atoms with Crippen LogP contribution >= 0.6 is 0 Å². The van der Waals surface area contributed by atoms with E-state index in [1.165, 1.54) is 13.3 Å². The van der Waals surface area contributed by atoms with Crippen LogP contribution in [0.2, 0.25) is 0 Å². The zero-order chi connectivity index (χ0) is 19.8. The molecule has 0 fully saturated rings. The number of aromatic nitrogens is 2. The summed E-state index contributed by atoms with van der Waals surface area (Å²) in [6, 6.07) is 16.3. The number of aromatic amines is 1. The van der Waals surface area contributed by atoms with Gasteiger partial charge in [-0.3, -0.25) is 14.7 Å². The molecule has 3 aromatic rings. The number of carbonyl (C=O) groups excluding carboxylic acids is 2. The van der Waals surface area contributed by atoms with Gasteiger partial charge in [0, 0.05) is 16.7 Å². The lowest BCUT2D eigenvalue weighted by Gasteiger charge is -2.06. The average molecular weight is 377 g/mol. The molecule has 0 bridgehead atoms. The fraction of sp³-hybridized carbons (Fsp3) is 0.100. The highest BCUT2D eigenvalue weighted by molar-refractivity contribution is 5.97. The summed E-state index contributed by atoms with van der Waals surface area (Å²) in [5.74, 6) is -0.257. The number of nitrogens with zero attached hydrogens (tertiary/aromatic N) is 2. The van der Waals surface area contributed by atoms with E-state index in [0.717, 1.165) is 16.8 Å². The van der Waals surface area contributed by atoms with E-state index >= 15 is 0 Å². The molecule has 142 valence electrons. The van der Waals surface area contributed by atoms with Crippen LogP contribution in [-0.4, -0.2) is 41.9 Å². The van der Waals surface area contributed by atoms with Crippen LogP contribution in [-0.2, 0) is 4.79 Å². The first-order chi connectivity index (χ1) is 13.7. The summed E-state index contributed by atoms with van der Waals surface area (Å²) in [6.07, 6.45) is 3.11. The highest BCUT2D eigenvalue weighted by Crippen LogP contribution is 2.18. The minimum absolute atomic E-state index is 0.204. The summed E-state index contributed by atoms with van der Waals surface area (Å²) in [5, 5.41) is 13.4. The molecule has 1 heterocycles. The lowest BCUT2D eigenvalue weighted by molar-refractivity contribution is -0.120. The van der Waals surface area contributed by atoms with Gasteiger partial charge in [0.2, 0.25) is 0 Å². The standard InChI is InChI=1S/C20H19N5O3/c1-28-17-9-5-8-15(10-17)20(27)21-13-18(26)24-22-11-16-12-23-25-19(16)14-6-3-2-4-7-14/h2-12H,13H2,1H3,(H,21,27)(H,23,25)(H,24,26)/b22-11+. The average Bonchev–Trinajstić information content (AvgIpc) is 3.21. The minimum atomic E-state index is -0.447. The quantitative estimate of drug-likeness (QED) is 0.432. The SMILES string of the molecule is COc1cccc(C(=O)NCC(=O)N/N=C/c2cn[nH]c2-c2ccccc2)c1. The number of carbonyl (C=O) groups is 2. The number of hydrogen-bond acceptors (Lipinski definition) is 5. The van der Waals surface area contributed by atoms with E-state index < -0.39 is 5.91 Å². The number of methoxy groups -OCH3 is 1. The Morgan fingerprint density at radius 3 is 2.79 bits per heavy atom. The van der Waals surface area contributed by atoms with Gasteiger partial charge in [0.1, 0.15) is 5.75 Å². The summed E-state index contributed by atoms with van der Waals surface area (Å²) >= 11 is 0. The zero-order valence-electron chi connectivity index (χ0n) is 15.2. The van der Waals surface area contributed by atoms with Crippen molar-refractivity contribution in [2.45, 2.75) is 0 Å². The van der Waals surface area contributed by atoms with Gasteiger partial charge in [-0.25, -0.2) is 5.43 Å². The molecular formula is C20H19N5O3. The van der Waals surface area contributed by atoms with Crippen LogP contribution in [0.15, 0.2) is 65.9 Å². The molecular weight excluding hydrogens is 358 g/mol. The minimum Gasteiger partial charge on any atom is -0.497 e. The molecule has 0 saturated heterocycles. The number of amides is 2. The van der Waals surface area contributed by atoms with Crippen molar-refractivity contribution in [1.82, 2.24) is 20.9 Å². The molecule has 28 heavy (non-hydrogen) atoms. The largest absolute Gasteiger partial charge is 0.497 e. The molecule has 8 nitrogen and oxygen atoms in total. The van der Waals surface area contributed by atoms with Gasteiger partial charge in [-0.1, -0.05) is 36.4 Å². The van der Waals surface area contributed by atoms with Gasteiger partial charge in [0.25, 0.3) is 11.8 Å². The van der Waals surface area contributed by atoms with Crippen LogP contribution in [0, 0.1) is 0 Å². The Morgan fingerprint density at radius 1 is 1.18 bits per heavy atom. The summed E-state index contributed by atoms with van der Waals surface area (Å²) in [5.41, 5.74) is 5.26. The number of hydrogen-bond donors (Lipinski definition) is 3. The Labute approximate surface area is 161 Å². The molecule has 0 atom stereocenters. The number of nitrogens with one attached hydrogen (secondary N) is 3. The first-order valence-electron chi connectivity index (χ1n) is 8.50. The van der Waals surface area contributed by atoms with Gasteiger partial charge in [0.15, 0.2) is 0 Å². The van der Waals surface area contributed by atoms with Crippen molar-refractivity contribution < 1.29 is 14.3 Å². The third-order valence-electron chi connectivity index (χ3n) is 3.87. The molecule has 8 heteroatoms. The Morgan fingerprint density at radius 2 is 2.00 bits per heavy atom. The molecule has 3 rings (SSSR count). The molecule has 2 aromatic carbocycles. The fourth-order valence-corrected chi connectivity index (χ4v) is 2.47. The van der Waals surface area contributed by atoms with Crippen LogP contribution < -0.4 is 15.5 Å². The third-order valence-corrected chi connectivity index (χ3v) is 3.87. The van der Waals surface area contributed by atoms with Crippen molar-refractivity contribution in [3.8, 4) is 17.0 Å². The van der Waals surface area contributed by atoms with E-state index in [9.17, 15) is 9.59 Å². The van der Waals surface area contributed by atoms with Crippen molar-refractivity contribution in [2.75, 3.05) is 13.7 Å². The van der Waals surface area contributed by atoms with E-state index in [1.807, 2.05) is 30.3 Å². The van der Waals surface area contributed by atoms with Gasteiger partial charge in [-0.05, 0) is 18.2 Å². The van der Waals surface area contributed by atoms with Gasteiger partial charge in [0.05, 0.1) is 31.8 Å². The Hall–Kier alpha value is -3.94. The van der Waals surface area contributed by atoms with Gasteiger partial charge < -0.3 is 10.1 Å². The number of ether oxygens (including phenoxy) is 1. The third kappa shape index (κ3) is 4.82. The molecule has 0 unspecified atom stereocenters. The van der Waals surface area contributed by atoms with Crippen LogP contribution in [0.1, 0.15) is 15.9 Å². The smallest absolute Gasteiger partial charge is 0.259 e. The lowest BCUT2D eigenvalue weighted by atomic mass is 10.1. The number of benzene rings is 2. The molecule has 2 amide bonds. The topological polar surface area (TPSA) is 108 Å². The van der Waals surface area contributed by atoms with Crippen LogP contribution in [0.25, 0.3) is 11.3 Å². The van der Waals surface area contributed by atoms with Crippen molar-refractivity contribution in [3.63, 3.8) is 0 Å². The van der Waals surface area contributed by atoms with Crippen LogP contribution in [0.5, 0.6) is 5.75 Å². The Balaban J connectivity index is 1.52. The second kappa shape index (κ2) is 9.13. The Kier molecular flexibility index (Phi) is 6.14. The van der Waals surface area contributed by atoms with E-state index in [0.29, 0.717) is 11.3 Å². The second-order valence-corrected chi connectivity index (χ2v) is 5.77. The van der Waals surface area contributed by atoms with Gasteiger partial charge in [-0.15, -0.1) is 0 Å². The van der Waals surface area contributed by atoms with Crippen LogP contribution in [0.3, 0.4) is 0 Å². The summed E-state index contributed by atoms with van der Waals surface area (Å²) in [4.78, 5) is 24.0. The maximum Gasteiger partial charge on any atom is 0.259 e. The highest BCUT2D eigenvalue weighted by Gasteiger charge is 2.09. The Bertz CT molecular complexity index is 982. The van der Waals surface area contributed by atoms with Crippen molar-refractivity contribution in [2.24, 2.45) is 5.10 Å². The second-order valence-electron chi connectivity index (χ2n) is 5.77. The lowest BCUT2D eigenvalue weighted by Crippen LogP contribution is -2.34.